The Hall–Kier alpha value is -3.31. The van der Waals surface area contributed by atoms with Crippen LogP contribution < -0.4 is 15.8 Å². The number of hydrogen-bond donors (Lipinski definition) is 3. The van der Waals surface area contributed by atoms with E-state index in [-0.39, 0.29) is 28.5 Å². The quantitative estimate of drug-likeness (QED) is 0.254. The first-order valence-corrected chi connectivity index (χ1v) is 15.9. The monoisotopic (exact) mass is 579 g/mol. The van der Waals surface area contributed by atoms with E-state index in [0.717, 1.165) is 22.4 Å². The number of nitrogens with two attached hydrogens (primary N) is 1. The summed E-state index contributed by atoms with van der Waals surface area (Å²) in [5.41, 5.74) is 2.12. The Morgan fingerprint density at radius 1 is 0.821 bits per heavy atom. The molecule has 4 aromatic rings. The van der Waals surface area contributed by atoms with Gasteiger partial charge in [0.25, 0.3) is 0 Å². The average molecular weight is 580 g/mol. The van der Waals surface area contributed by atoms with Gasteiger partial charge < -0.3 is 10.6 Å². The van der Waals surface area contributed by atoms with Gasteiger partial charge in [-0.25, -0.2) is 13.6 Å². The van der Waals surface area contributed by atoms with Crippen LogP contribution >= 0.6 is 22.7 Å². The maximum Gasteiger partial charge on any atom is 0.238 e. The number of benzene rings is 2. The maximum atomic E-state index is 13.0. The molecule has 2 heterocycles. The average Bonchev–Trinajstić information content (AvgIpc) is 3.72. The van der Waals surface area contributed by atoms with Crippen LogP contribution in [0.5, 0.6) is 0 Å². The zero-order valence-corrected chi connectivity index (χ0v) is 23.6. The molecule has 0 unspecified atom stereocenters. The van der Waals surface area contributed by atoms with Gasteiger partial charge in [-0.3, -0.25) is 9.59 Å². The number of sulfonamides is 1. The minimum atomic E-state index is -3.85. The molecule has 0 spiro atoms. The topological polar surface area (TPSA) is 118 Å². The molecule has 0 radical (unpaired) electrons. The van der Waals surface area contributed by atoms with Gasteiger partial charge in [-0.2, -0.15) is 0 Å². The summed E-state index contributed by atoms with van der Waals surface area (Å²) >= 11 is 3.36. The van der Waals surface area contributed by atoms with Gasteiger partial charge >= 0.3 is 0 Å². The van der Waals surface area contributed by atoms with Gasteiger partial charge in [0.2, 0.25) is 21.8 Å². The van der Waals surface area contributed by atoms with Crippen LogP contribution in [-0.2, 0) is 32.7 Å². The summed E-state index contributed by atoms with van der Waals surface area (Å²) in [7, 11) is -3.85. The van der Waals surface area contributed by atoms with Crippen molar-refractivity contribution in [3.8, 4) is 20.9 Å². The number of thiophene rings is 2. The molecule has 2 aromatic carbocycles. The molecule has 2 atom stereocenters. The smallest absolute Gasteiger partial charge is 0.238 e. The minimum absolute atomic E-state index is 0.0682. The van der Waals surface area contributed by atoms with Crippen molar-refractivity contribution >= 4 is 44.5 Å². The predicted octanol–water partition coefficient (Wildman–Crippen LogP) is 5.14. The summed E-state index contributed by atoms with van der Waals surface area (Å²) in [5.74, 6) is -0.876. The molecule has 0 aliphatic heterocycles. The Kier molecular flexibility index (Phi) is 8.27. The number of carbonyl (C=O) groups excluding carboxylic acids is 2. The molecular weight excluding hydrogens is 551 g/mol. The normalized spacial score (nSPS) is 17.2. The molecule has 39 heavy (non-hydrogen) atoms. The van der Waals surface area contributed by atoms with Gasteiger partial charge in [0.1, 0.15) is 0 Å². The minimum Gasteiger partial charge on any atom is -0.352 e. The third kappa shape index (κ3) is 6.47. The van der Waals surface area contributed by atoms with Gasteiger partial charge in [0.05, 0.1) is 11.4 Å². The van der Waals surface area contributed by atoms with Crippen LogP contribution in [0.15, 0.2) is 83.1 Å². The van der Waals surface area contributed by atoms with Crippen LogP contribution in [-0.4, -0.2) is 20.2 Å². The number of amides is 2. The SMILES string of the molecule is NS(=O)(=O)c1ccccc1-c1ccc(CNC(=O)[C@@H]2CCC[C@H]2C(=O)NCc2ccc(-c3cccs3)s2)cc1. The molecule has 1 fully saturated rings. The Morgan fingerprint density at radius 3 is 2.18 bits per heavy atom. The number of carbonyl (C=O) groups is 2. The van der Waals surface area contributed by atoms with Gasteiger partial charge in [0, 0.05) is 38.6 Å². The number of hydrogen-bond acceptors (Lipinski definition) is 6. The molecule has 2 amide bonds. The van der Waals surface area contributed by atoms with Crippen LogP contribution in [0.3, 0.4) is 0 Å². The first-order chi connectivity index (χ1) is 18.8. The van der Waals surface area contributed by atoms with Gasteiger partial charge in [-0.1, -0.05) is 55.0 Å². The van der Waals surface area contributed by atoms with Gasteiger partial charge in [-0.15, -0.1) is 22.7 Å². The molecule has 4 N–H and O–H groups in total. The van der Waals surface area contributed by atoms with E-state index in [4.69, 9.17) is 5.14 Å². The van der Waals surface area contributed by atoms with E-state index in [9.17, 15) is 18.0 Å². The van der Waals surface area contributed by atoms with Gasteiger partial charge in [0.15, 0.2) is 0 Å². The van der Waals surface area contributed by atoms with Crippen molar-refractivity contribution in [2.24, 2.45) is 17.0 Å². The summed E-state index contributed by atoms with van der Waals surface area (Å²) in [6, 6.07) is 22.1. The van der Waals surface area contributed by atoms with Crippen LogP contribution in [0.1, 0.15) is 29.7 Å². The summed E-state index contributed by atoms with van der Waals surface area (Å²) in [6.45, 7) is 0.780. The zero-order valence-electron chi connectivity index (χ0n) is 21.1. The van der Waals surface area contributed by atoms with Crippen LogP contribution in [0, 0.1) is 11.8 Å². The standard InChI is InChI=1S/C29H29N3O4S3/c30-39(35,36)27-9-2-1-5-22(27)20-12-10-19(11-13-20)17-31-28(33)23-6-3-7-24(23)29(34)32-18-21-14-15-26(38-21)25-8-4-16-37-25/h1-2,4-5,8-16,23-24H,3,6-7,17-18H2,(H,31,33)(H,32,34)(H2,30,35,36)/t23-,24-/m1/s1. The lowest BCUT2D eigenvalue weighted by Gasteiger charge is -2.19. The predicted molar refractivity (Wildman–Crippen MR) is 155 cm³/mol. The first kappa shape index (κ1) is 27.3. The fourth-order valence-electron chi connectivity index (χ4n) is 4.99. The van der Waals surface area contributed by atoms with Crippen LogP contribution in [0.4, 0.5) is 0 Å². The first-order valence-electron chi connectivity index (χ1n) is 12.7. The molecule has 2 aromatic heterocycles. The van der Waals surface area contributed by atoms with E-state index in [2.05, 4.69) is 22.8 Å². The van der Waals surface area contributed by atoms with Gasteiger partial charge in [-0.05, 0) is 53.6 Å². The lowest BCUT2D eigenvalue weighted by molar-refractivity contribution is -0.133. The Bertz CT molecular complexity index is 1560. The van der Waals surface area contributed by atoms with Crippen LogP contribution in [0.25, 0.3) is 20.9 Å². The zero-order chi connectivity index (χ0) is 27.4. The van der Waals surface area contributed by atoms with Crippen molar-refractivity contribution in [3.05, 3.63) is 88.6 Å². The highest BCUT2D eigenvalue weighted by atomic mass is 32.2. The second kappa shape index (κ2) is 11.8. The molecule has 202 valence electrons. The van der Waals surface area contributed by atoms with Crippen molar-refractivity contribution in [3.63, 3.8) is 0 Å². The highest BCUT2D eigenvalue weighted by Crippen LogP contribution is 2.34. The fourth-order valence-corrected chi connectivity index (χ4v) is 7.54. The second-order valence-electron chi connectivity index (χ2n) is 9.56. The molecule has 1 aliphatic carbocycles. The fraction of sp³-hybridized carbons (Fsp3) is 0.241. The lowest BCUT2D eigenvalue weighted by atomic mass is 9.94. The summed E-state index contributed by atoms with van der Waals surface area (Å²) < 4.78 is 23.9. The molecular formula is C29H29N3O4S3. The largest absolute Gasteiger partial charge is 0.352 e. The molecule has 0 bridgehead atoms. The molecule has 1 saturated carbocycles. The third-order valence-corrected chi connectivity index (χ3v) is 10.1. The van der Waals surface area contributed by atoms with E-state index < -0.39 is 10.0 Å². The van der Waals surface area contributed by atoms with Crippen molar-refractivity contribution in [1.29, 1.82) is 0 Å². The third-order valence-electron chi connectivity index (χ3n) is 6.98. The van der Waals surface area contributed by atoms with E-state index >= 15 is 0 Å². The van der Waals surface area contributed by atoms with E-state index in [1.807, 2.05) is 41.8 Å². The molecule has 5 rings (SSSR count). The van der Waals surface area contributed by atoms with Crippen molar-refractivity contribution in [1.82, 2.24) is 10.6 Å². The van der Waals surface area contributed by atoms with Crippen molar-refractivity contribution in [2.45, 2.75) is 37.2 Å². The Balaban J connectivity index is 1.15. The molecule has 7 nitrogen and oxygen atoms in total. The van der Waals surface area contributed by atoms with E-state index in [1.54, 1.807) is 40.9 Å². The summed E-state index contributed by atoms with van der Waals surface area (Å²) in [6.07, 6.45) is 2.23. The summed E-state index contributed by atoms with van der Waals surface area (Å²) in [5, 5.41) is 13.4. The highest BCUT2D eigenvalue weighted by molar-refractivity contribution is 7.89. The number of nitrogens with one attached hydrogen (secondary N) is 2. The number of rotatable bonds is 9. The van der Waals surface area contributed by atoms with Crippen molar-refractivity contribution in [2.75, 3.05) is 0 Å². The Morgan fingerprint density at radius 2 is 1.51 bits per heavy atom. The number of primary sulfonamides is 1. The van der Waals surface area contributed by atoms with E-state index in [1.165, 1.54) is 15.8 Å². The molecule has 0 saturated heterocycles. The van der Waals surface area contributed by atoms with E-state index in [0.29, 0.717) is 31.5 Å². The molecule has 10 heteroatoms. The lowest BCUT2D eigenvalue weighted by Crippen LogP contribution is -2.39. The highest BCUT2D eigenvalue weighted by Gasteiger charge is 2.37. The second-order valence-corrected chi connectivity index (χ2v) is 13.2. The Labute approximate surface area is 236 Å². The van der Waals surface area contributed by atoms with Crippen molar-refractivity contribution < 1.29 is 18.0 Å². The molecule has 1 aliphatic rings. The van der Waals surface area contributed by atoms with Crippen LogP contribution in [0.2, 0.25) is 0 Å². The maximum absolute atomic E-state index is 13.0. The summed E-state index contributed by atoms with van der Waals surface area (Å²) in [4.78, 5) is 29.6.